The predicted octanol–water partition coefficient (Wildman–Crippen LogP) is 4.68. The zero-order valence-corrected chi connectivity index (χ0v) is 21.9. The summed E-state index contributed by atoms with van der Waals surface area (Å²) < 4.78 is 7.39. The lowest BCUT2D eigenvalue weighted by atomic mass is 10.2. The summed E-state index contributed by atoms with van der Waals surface area (Å²) in [4.78, 5) is 37.8. The van der Waals surface area contributed by atoms with Crippen molar-refractivity contribution in [3.05, 3.63) is 66.0 Å². The molecule has 4 heterocycles. The number of anilines is 1. The molecule has 1 unspecified atom stereocenters. The number of benzene rings is 1. The highest BCUT2D eigenvalue weighted by atomic mass is 32.1. The Bertz CT molecular complexity index is 1470. The monoisotopic (exact) mass is 530 g/mol. The first-order chi connectivity index (χ1) is 18.6. The third kappa shape index (κ3) is 5.14. The summed E-state index contributed by atoms with van der Waals surface area (Å²) in [6, 6.07) is 9.88. The van der Waals surface area contributed by atoms with Gasteiger partial charge in [-0.2, -0.15) is 0 Å². The van der Waals surface area contributed by atoms with Crippen LogP contribution >= 0.6 is 11.3 Å². The average molecular weight is 531 g/mol. The molecule has 10 heteroatoms. The van der Waals surface area contributed by atoms with E-state index in [0.29, 0.717) is 29.7 Å². The van der Waals surface area contributed by atoms with Gasteiger partial charge in [-0.25, -0.2) is 9.97 Å². The Morgan fingerprint density at radius 2 is 2.11 bits per heavy atom. The molecule has 1 aromatic carbocycles. The van der Waals surface area contributed by atoms with Gasteiger partial charge in [-0.3, -0.25) is 14.9 Å². The number of oxazole rings is 1. The predicted molar refractivity (Wildman–Crippen MR) is 147 cm³/mol. The van der Waals surface area contributed by atoms with Gasteiger partial charge in [-0.05, 0) is 74.1 Å². The maximum absolute atomic E-state index is 13.3. The van der Waals surface area contributed by atoms with Gasteiger partial charge in [-0.1, -0.05) is 12.6 Å². The van der Waals surface area contributed by atoms with Gasteiger partial charge in [0.1, 0.15) is 0 Å². The highest BCUT2D eigenvalue weighted by Gasteiger charge is 2.29. The fraction of sp³-hybridized carbons (Fsp3) is 0.357. The van der Waals surface area contributed by atoms with E-state index in [9.17, 15) is 9.59 Å². The first kappa shape index (κ1) is 24.6. The molecule has 1 atom stereocenters. The van der Waals surface area contributed by atoms with Gasteiger partial charge >= 0.3 is 0 Å². The van der Waals surface area contributed by atoms with Gasteiger partial charge in [0.25, 0.3) is 5.91 Å². The second kappa shape index (κ2) is 10.5. The summed E-state index contributed by atoms with van der Waals surface area (Å²) in [5, 5.41) is 6.56. The molecule has 38 heavy (non-hydrogen) atoms. The Labute approximate surface area is 224 Å². The highest BCUT2D eigenvalue weighted by molar-refractivity contribution is 7.17. The summed E-state index contributed by atoms with van der Waals surface area (Å²) in [6.45, 7) is 6.74. The van der Waals surface area contributed by atoms with E-state index in [-0.39, 0.29) is 17.9 Å². The number of imidazole rings is 1. The Balaban J connectivity index is 1.28. The van der Waals surface area contributed by atoms with Crippen molar-refractivity contribution in [1.82, 2.24) is 24.8 Å². The molecule has 0 bridgehead atoms. The van der Waals surface area contributed by atoms with Gasteiger partial charge < -0.3 is 19.2 Å². The summed E-state index contributed by atoms with van der Waals surface area (Å²) in [6.07, 6.45) is 8.83. The second-order valence-corrected chi connectivity index (χ2v) is 11.0. The van der Waals surface area contributed by atoms with Crippen LogP contribution in [0.5, 0.6) is 0 Å². The van der Waals surface area contributed by atoms with Crippen molar-refractivity contribution in [2.75, 3.05) is 18.4 Å². The molecule has 6 rings (SSSR count). The van der Waals surface area contributed by atoms with E-state index >= 15 is 0 Å². The van der Waals surface area contributed by atoms with Crippen molar-refractivity contribution < 1.29 is 14.0 Å². The molecular weight excluding hydrogens is 500 g/mol. The smallest absolute Gasteiger partial charge is 0.268 e. The molecule has 3 aromatic heterocycles. The Kier molecular flexibility index (Phi) is 6.82. The fourth-order valence-corrected chi connectivity index (χ4v) is 5.90. The van der Waals surface area contributed by atoms with Gasteiger partial charge in [-0.15, -0.1) is 11.3 Å². The first-order valence-electron chi connectivity index (χ1n) is 13.0. The van der Waals surface area contributed by atoms with Crippen LogP contribution in [0.15, 0.2) is 60.0 Å². The molecule has 1 saturated heterocycles. The minimum Gasteiger partial charge on any atom is -0.443 e. The van der Waals surface area contributed by atoms with Crippen LogP contribution < -0.4 is 10.6 Å². The van der Waals surface area contributed by atoms with Crippen molar-refractivity contribution in [3.8, 4) is 10.6 Å². The number of hydrogen-bond donors (Lipinski definition) is 2. The summed E-state index contributed by atoms with van der Waals surface area (Å²) in [5.41, 5.74) is 2.90. The largest absolute Gasteiger partial charge is 0.443 e. The number of carbonyl (C=O) groups excluding carboxylic acids is 2. The molecule has 2 N–H and O–H groups in total. The molecule has 1 saturated carbocycles. The van der Waals surface area contributed by atoms with Crippen LogP contribution in [0.1, 0.15) is 40.9 Å². The van der Waals surface area contributed by atoms with E-state index in [1.54, 1.807) is 12.3 Å². The van der Waals surface area contributed by atoms with E-state index < -0.39 is 0 Å². The van der Waals surface area contributed by atoms with E-state index in [4.69, 9.17) is 9.40 Å². The van der Waals surface area contributed by atoms with Crippen molar-refractivity contribution in [3.63, 3.8) is 0 Å². The number of hydrogen-bond acceptors (Lipinski definition) is 7. The van der Waals surface area contributed by atoms with Gasteiger partial charge in [0, 0.05) is 19.6 Å². The Hall–Kier alpha value is -3.76. The standard InChI is InChI=1S/C28H30N6O3S/c1-2-26(35)33-11-3-4-20(33)16-34-22-8-7-19(14-29-13-18-5-6-18)12-21(22)31-28(34)32-27(36)25-10-9-24(38-25)23-15-30-17-37-23/h2,7-10,12,15,17-18,20,29H,1,3-6,11,13-14,16H2,(H,31,32,36). The zero-order valence-electron chi connectivity index (χ0n) is 21.1. The minimum atomic E-state index is -0.242. The second-order valence-electron chi connectivity index (χ2n) is 9.96. The number of nitrogens with one attached hydrogen (secondary N) is 2. The maximum Gasteiger partial charge on any atom is 0.268 e. The Morgan fingerprint density at radius 3 is 2.89 bits per heavy atom. The number of likely N-dealkylation sites (tertiary alicyclic amines) is 1. The van der Waals surface area contributed by atoms with E-state index in [1.165, 1.54) is 36.6 Å². The maximum atomic E-state index is 13.3. The fourth-order valence-electron chi connectivity index (χ4n) is 5.04. The quantitative estimate of drug-likeness (QED) is 0.289. The summed E-state index contributed by atoms with van der Waals surface area (Å²) in [7, 11) is 0. The zero-order chi connectivity index (χ0) is 26.1. The molecule has 1 aliphatic carbocycles. The molecule has 0 radical (unpaired) electrons. The summed E-state index contributed by atoms with van der Waals surface area (Å²) in [5.74, 6) is 1.60. The van der Waals surface area contributed by atoms with Gasteiger partial charge in [0.2, 0.25) is 11.9 Å². The number of thiophene rings is 1. The normalized spacial score (nSPS) is 17.3. The van der Waals surface area contributed by atoms with Crippen molar-refractivity contribution in [2.45, 2.75) is 44.8 Å². The van der Waals surface area contributed by atoms with E-state index in [1.807, 2.05) is 15.5 Å². The van der Waals surface area contributed by atoms with Crippen LogP contribution in [0.2, 0.25) is 0 Å². The SMILES string of the molecule is C=CC(=O)N1CCCC1Cn1c(NC(=O)c2ccc(-c3cnco3)s2)nc2cc(CNCC3CC3)ccc21. The van der Waals surface area contributed by atoms with Crippen LogP contribution in [0.25, 0.3) is 21.7 Å². The molecule has 1 aliphatic heterocycles. The average Bonchev–Trinajstić information content (AvgIpc) is 3.38. The molecule has 9 nitrogen and oxygen atoms in total. The van der Waals surface area contributed by atoms with Crippen molar-refractivity contribution in [2.24, 2.45) is 5.92 Å². The lowest BCUT2D eigenvalue weighted by Gasteiger charge is -2.24. The number of amides is 2. The first-order valence-corrected chi connectivity index (χ1v) is 13.8. The summed E-state index contributed by atoms with van der Waals surface area (Å²) >= 11 is 1.33. The molecule has 2 amide bonds. The van der Waals surface area contributed by atoms with Crippen molar-refractivity contribution in [1.29, 1.82) is 0 Å². The molecule has 4 aromatic rings. The number of aromatic nitrogens is 3. The topological polar surface area (TPSA) is 105 Å². The Morgan fingerprint density at radius 1 is 1.21 bits per heavy atom. The van der Waals surface area contributed by atoms with E-state index in [2.05, 4.69) is 40.4 Å². The molecule has 196 valence electrons. The van der Waals surface area contributed by atoms with Crippen LogP contribution in [0.3, 0.4) is 0 Å². The number of carbonyl (C=O) groups is 2. The van der Waals surface area contributed by atoms with Crippen molar-refractivity contribution >= 4 is 40.1 Å². The van der Waals surface area contributed by atoms with Gasteiger partial charge in [0.05, 0.1) is 33.0 Å². The number of rotatable bonds is 10. The number of fused-ring (bicyclic) bond motifs is 1. The molecule has 2 aliphatic rings. The minimum absolute atomic E-state index is 0.00762. The molecule has 0 spiro atoms. The van der Waals surface area contributed by atoms with Crippen LogP contribution in [-0.4, -0.2) is 50.4 Å². The number of nitrogens with zero attached hydrogens (tertiary/aromatic N) is 4. The highest BCUT2D eigenvalue weighted by Crippen LogP contribution is 2.30. The van der Waals surface area contributed by atoms with Crippen LogP contribution in [0.4, 0.5) is 5.95 Å². The third-order valence-corrected chi connectivity index (χ3v) is 8.33. The third-order valence-electron chi connectivity index (χ3n) is 7.23. The lowest BCUT2D eigenvalue weighted by molar-refractivity contribution is -0.126. The lowest BCUT2D eigenvalue weighted by Crippen LogP contribution is -2.37. The molecular formula is C28H30N6O3S. The van der Waals surface area contributed by atoms with Crippen LogP contribution in [0, 0.1) is 5.92 Å². The molecule has 2 fully saturated rings. The van der Waals surface area contributed by atoms with E-state index in [0.717, 1.165) is 53.3 Å². The van der Waals surface area contributed by atoms with Crippen LogP contribution in [-0.2, 0) is 17.9 Å². The van der Waals surface area contributed by atoms with Gasteiger partial charge in [0.15, 0.2) is 12.2 Å².